The van der Waals surface area contributed by atoms with Crippen molar-refractivity contribution in [3.63, 3.8) is 0 Å². The van der Waals surface area contributed by atoms with Gasteiger partial charge in [0.25, 0.3) is 11.1 Å². The van der Waals surface area contributed by atoms with Gasteiger partial charge in [0.2, 0.25) is 0 Å². The van der Waals surface area contributed by atoms with E-state index in [2.05, 4.69) is 26.5 Å². The van der Waals surface area contributed by atoms with Crippen molar-refractivity contribution in [2.45, 2.75) is 0 Å². The van der Waals surface area contributed by atoms with Crippen LogP contribution in [0.4, 0.5) is 10.5 Å². The van der Waals surface area contributed by atoms with E-state index in [0.717, 1.165) is 62.3 Å². The van der Waals surface area contributed by atoms with Gasteiger partial charge in [-0.25, -0.2) is 0 Å². The van der Waals surface area contributed by atoms with E-state index in [0.29, 0.717) is 4.91 Å². The molecule has 0 aliphatic carbocycles. The first-order valence-corrected chi connectivity index (χ1v) is 8.95. The second kappa shape index (κ2) is 7.83. The second-order valence-corrected chi connectivity index (χ2v) is 6.86. The highest BCUT2D eigenvalue weighted by molar-refractivity contribution is 8.18. The molecule has 24 heavy (non-hydrogen) atoms. The Bertz CT molecular complexity index is 654. The fraction of sp³-hybridized carbons (Fsp3) is 0.412. The van der Waals surface area contributed by atoms with Gasteiger partial charge in [0, 0.05) is 45.0 Å². The minimum Gasteiger partial charge on any atom is -0.368 e. The standard InChI is InChI=1S/C17H22N4O2S/c1-18-6-7-20-8-10-21(11-9-20)14-5-3-2-4-13(14)12-15-16(22)19-17(23)24-15/h2-5,12,18H,6-11H2,1H3,(H,19,22,23)/b15-12-. The zero-order chi connectivity index (χ0) is 16.9. The topological polar surface area (TPSA) is 64.7 Å². The van der Waals surface area contributed by atoms with E-state index < -0.39 is 0 Å². The van der Waals surface area contributed by atoms with Crippen molar-refractivity contribution >= 4 is 34.7 Å². The van der Waals surface area contributed by atoms with Gasteiger partial charge >= 0.3 is 0 Å². The Hall–Kier alpha value is -1.83. The van der Waals surface area contributed by atoms with E-state index in [9.17, 15) is 9.59 Å². The number of thioether (sulfide) groups is 1. The van der Waals surface area contributed by atoms with Gasteiger partial charge < -0.3 is 10.2 Å². The number of piperazine rings is 1. The summed E-state index contributed by atoms with van der Waals surface area (Å²) >= 11 is 0.961. The van der Waals surface area contributed by atoms with Crippen LogP contribution in [0.2, 0.25) is 0 Å². The third-order valence-electron chi connectivity index (χ3n) is 4.26. The van der Waals surface area contributed by atoms with Crippen LogP contribution in [0.25, 0.3) is 6.08 Å². The number of hydrogen-bond acceptors (Lipinski definition) is 6. The van der Waals surface area contributed by atoms with Gasteiger partial charge in [0.05, 0.1) is 4.91 Å². The summed E-state index contributed by atoms with van der Waals surface area (Å²) in [6.45, 7) is 6.04. The van der Waals surface area contributed by atoms with Crippen molar-refractivity contribution in [1.29, 1.82) is 0 Å². The van der Waals surface area contributed by atoms with Crippen LogP contribution in [0.3, 0.4) is 0 Å². The SMILES string of the molecule is CNCCN1CCN(c2ccccc2/C=C2\SC(=O)NC2=O)CC1. The van der Waals surface area contributed by atoms with Crippen LogP contribution in [0.5, 0.6) is 0 Å². The van der Waals surface area contributed by atoms with Crippen LogP contribution in [0, 0.1) is 0 Å². The smallest absolute Gasteiger partial charge is 0.290 e. The highest BCUT2D eigenvalue weighted by atomic mass is 32.2. The second-order valence-electron chi connectivity index (χ2n) is 5.84. The maximum Gasteiger partial charge on any atom is 0.290 e. The molecule has 2 saturated heterocycles. The van der Waals surface area contributed by atoms with E-state index in [-0.39, 0.29) is 11.1 Å². The minimum atomic E-state index is -0.309. The van der Waals surface area contributed by atoms with Crippen LogP contribution >= 0.6 is 11.8 Å². The number of para-hydroxylation sites is 1. The van der Waals surface area contributed by atoms with Crippen molar-refractivity contribution in [3.05, 3.63) is 34.7 Å². The van der Waals surface area contributed by atoms with Crippen molar-refractivity contribution in [2.75, 3.05) is 51.2 Å². The first-order valence-electron chi connectivity index (χ1n) is 8.13. The number of imide groups is 1. The predicted molar refractivity (Wildman–Crippen MR) is 98.1 cm³/mol. The van der Waals surface area contributed by atoms with E-state index in [1.54, 1.807) is 0 Å². The van der Waals surface area contributed by atoms with E-state index in [4.69, 9.17) is 0 Å². The molecule has 0 radical (unpaired) electrons. The summed E-state index contributed by atoms with van der Waals surface area (Å²) in [6.07, 6.45) is 1.81. The number of amides is 2. The Morgan fingerprint density at radius 2 is 1.96 bits per heavy atom. The van der Waals surface area contributed by atoms with Gasteiger partial charge in [-0.2, -0.15) is 0 Å². The Labute approximate surface area is 146 Å². The maximum atomic E-state index is 11.8. The molecule has 3 rings (SSSR count). The van der Waals surface area contributed by atoms with Crippen LogP contribution in [0.15, 0.2) is 29.2 Å². The van der Waals surface area contributed by atoms with Crippen LogP contribution in [-0.2, 0) is 4.79 Å². The lowest BCUT2D eigenvalue weighted by atomic mass is 10.1. The monoisotopic (exact) mass is 346 g/mol. The Morgan fingerprint density at radius 3 is 2.62 bits per heavy atom. The Morgan fingerprint density at radius 1 is 1.21 bits per heavy atom. The van der Waals surface area contributed by atoms with Crippen molar-refractivity contribution in [3.8, 4) is 0 Å². The summed E-state index contributed by atoms with van der Waals surface area (Å²) in [7, 11) is 1.97. The molecule has 2 amide bonds. The molecule has 2 fully saturated rings. The number of nitrogens with zero attached hydrogens (tertiary/aromatic N) is 2. The zero-order valence-corrected chi connectivity index (χ0v) is 14.6. The number of anilines is 1. The van der Waals surface area contributed by atoms with Crippen LogP contribution < -0.4 is 15.5 Å². The van der Waals surface area contributed by atoms with E-state index >= 15 is 0 Å². The molecule has 0 saturated carbocycles. The lowest BCUT2D eigenvalue weighted by Crippen LogP contribution is -2.48. The fourth-order valence-corrected chi connectivity index (χ4v) is 3.62. The number of carbonyl (C=O) groups is 2. The molecule has 0 spiro atoms. The molecule has 6 nitrogen and oxygen atoms in total. The Kier molecular flexibility index (Phi) is 5.55. The summed E-state index contributed by atoms with van der Waals surface area (Å²) in [6, 6.07) is 8.04. The van der Waals surface area contributed by atoms with Crippen LogP contribution in [0.1, 0.15) is 5.56 Å². The first kappa shape index (κ1) is 17.0. The number of hydrogen-bond donors (Lipinski definition) is 2. The summed E-state index contributed by atoms with van der Waals surface area (Å²) in [4.78, 5) is 28.4. The highest BCUT2D eigenvalue weighted by Crippen LogP contribution is 2.30. The quantitative estimate of drug-likeness (QED) is 0.785. The summed E-state index contributed by atoms with van der Waals surface area (Å²) in [5.74, 6) is -0.309. The van der Waals surface area contributed by atoms with Gasteiger partial charge in [-0.05, 0) is 36.5 Å². The van der Waals surface area contributed by atoms with Crippen LogP contribution in [-0.4, -0.2) is 62.4 Å². The molecule has 2 heterocycles. The predicted octanol–water partition coefficient (Wildman–Crippen LogP) is 1.35. The molecule has 0 unspecified atom stereocenters. The molecular weight excluding hydrogens is 324 g/mol. The van der Waals surface area contributed by atoms with Gasteiger partial charge in [0.15, 0.2) is 0 Å². The molecular formula is C17H22N4O2S. The van der Waals surface area contributed by atoms with Gasteiger partial charge in [-0.15, -0.1) is 0 Å². The molecule has 0 atom stereocenters. The summed E-state index contributed by atoms with van der Waals surface area (Å²) in [5.41, 5.74) is 2.10. The van der Waals surface area contributed by atoms with E-state index in [1.165, 1.54) is 0 Å². The van der Waals surface area contributed by atoms with Gasteiger partial charge in [-0.3, -0.25) is 19.8 Å². The van der Waals surface area contributed by atoms with Gasteiger partial charge in [-0.1, -0.05) is 18.2 Å². The van der Waals surface area contributed by atoms with Crippen molar-refractivity contribution in [1.82, 2.24) is 15.5 Å². The van der Waals surface area contributed by atoms with Crippen molar-refractivity contribution < 1.29 is 9.59 Å². The number of carbonyl (C=O) groups excluding carboxylic acids is 2. The van der Waals surface area contributed by atoms with Gasteiger partial charge in [0.1, 0.15) is 0 Å². The first-order chi connectivity index (χ1) is 11.7. The highest BCUT2D eigenvalue weighted by Gasteiger charge is 2.26. The maximum absolute atomic E-state index is 11.8. The zero-order valence-electron chi connectivity index (χ0n) is 13.7. The summed E-state index contributed by atoms with van der Waals surface area (Å²) < 4.78 is 0. The third kappa shape index (κ3) is 3.98. The number of benzene rings is 1. The molecule has 2 aliphatic heterocycles. The molecule has 1 aromatic carbocycles. The average molecular weight is 346 g/mol. The normalized spacial score (nSPS) is 20.7. The fourth-order valence-electron chi connectivity index (χ4n) is 2.94. The molecule has 128 valence electrons. The van der Waals surface area contributed by atoms with E-state index in [1.807, 2.05) is 31.3 Å². The lowest BCUT2D eigenvalue weighted by Gasteiger charge is -2.36. The third-order valence-corrected chi connectivity index (χ3v) is 5.07. The minimum absolute atomic E-state index is 0.304. The molecule has 2 N–H and O–H groups in total. The molecule has 1 aromatic rings. The molecule has 0 bridgehead atoms. The summed E-state index contributed by atoms with van der Waals surface area (Å²) in [5, 5.41) is 5.18. The largest absolute Gasteiger partial charge is 0.368 e. The molecule has 2 aliphatic rings. The average Bonchev–Trinajstić information content (AvgIpc) is 2.91. The molecule has 0 aromatic heterocycles. The number of rotatable bonds is 5. The lowest BCUT2D eigenvalue weighted by molar-refractivity contribution is -0.115. The van der Waals surface area contributed by atoms with Crippen molar-refractivity contribution in [2.24, 2.45) is 0 Å². The molecule has 7 heteroatoms. The number of nitrogens with one attached hydrogen (secondary N) is 2. The Balaban J connectivity index is 1.72. The number of likely N-dealkylation sites (N-methyl/N-ethyl adjacent to an activating group) is 1.